The second kappa shape index (κ2) is 15.1. The Morgan fingerprint density at radius 2 is 0.969 bits per heavy atom. The van der Waals surface area contributed by atoms with Crippen LogP contribution >= 0.6 is 0 Å². The van der Waals surface area contributed by atoms with Gasteiger partial charge in [0.1, 0.15) is 0 Å². The Bertz CT molecular complexity index is 3390. The smallest absolute Gasteiger partial charge is 0.164 e. The van der Waals surface area contributed by atoms with Gasteiger partial charge in [0.25, 0.3) is 0 Å². The molecule has 1 atom stereocenters. The lowest BCUT2D eigenvalue weighted by Gasteiger charge is -2.34. The van der Waals surface area contributed by atoms with E-state index in [1.807, 2.05) is 0 Å². The van der Waals surface area contributed by atoms with Crippen LogP contribution in [-0.2, 0) is 5.41 Å². The first-order chi connectivity index (χ1) is 31.6. The maximum Gasteiger partial charge on any atom is 0.164 e. The molecule has 0 radical (unpaired) electrons. The van der Waals surface area contributed by atoms with Gasteiger partial charge < -0.3 is 0 Å². The molecule has 64 heavy (non-hydrogen) atoms. The summed E-state index contributed by atoms with van der Waals surface area (Å²) in [5, 5.41) is 4.50. The average Bonchev–Trinajstić information content (AvgIpc) is 3.82. The maximum atomic E-state index is 5.28. The summed E-state index contributed by atoms with van der Waals surface area (Å²) in [6.45, 7) is 4.44. The topological polar surface area (TPSA) is 38.7 Å². The van der Waals surface area contributed by atoms with E-state index in [1.165, 1.54) is 50.1 Å². The Labute approximate surface area is 373 Å². The van der Waals surface area contributed by atoms with E-state index in [2.05, 4.69) is 232 Å². The van der Waals surface area contributed by atoms with Gasteiger partial charge in [0.2, 0.25) is 0 Å². The van der Waals surface area contributed by atoms with Crippen molar-refractivity contribution in [1.82, 2.24) is 15.0 Å². The van der Waals surface area contributed by atoms with Crippen molar-refractivity contribution < 1.29 is 0 Å². The molecule has 3 nitrogen and oxygen atoms in total. The van der Waals surface area contributed by atoms with Crippen LogP contribution < -0.4 is 0 Å². The number of allylic oxidation sites excluding steroid dienone is 10. The van der Waals surface area contributed by atoms with Gasteiger partial charge in [-0.15, -0.1) is 0 Å². The highest BCUT2D eigenvalue weighted by Gasteiger charge is 2.54. The standard InChI is InChI=1S/C61H43N3/c1-3-4-24-50-49-29-11-14-34-56(49)61(54-32-12-9-27-47(54)48-28-10-13-33-55(48)61)57(50)53-38-43(36-35-39(53)2)42-22-15-23-44(37-42)58-62-59(51-30-16-20-40-18-5-7-25-45(40)51)64-60(63-58)52-31-17-21-41-19-6-8-26-46(41)52/h3-39H,1-2H3/b4-3-,50-24-,57-53-. The lowest BCUT2D eigenvalue weighted by molar-refractivity contribution is 0.758. The molecule has 3 heteroatoms. The molecule has 1 unspecified atom stereocenters. The second-order valence-electron chi connectivity index (χ2n) is 17.0. The van der Waals surface area contributed by atoms with Crippen LogP contribution in [0.25, 0.3) is 78.0 Å². The molecule has 0 saturated heterocycles. The van der Waals surface area contributed by atoms with E-state index in [-0.39, 0.29) is 5.92 Å². The number of aromatic nitrogens is 3. The molecular formula is C61H43N3. The minimum atomic E-state index is -0.476. The summed E-state index contributed by atoms with van der Waals surface area (Å²) in [4.78, 5) is 15.8. The van der Waals surface area contributed by atoms with Crippen molar-refractivity contribution >= 4 is 32.7 Å². The Hall–Kier alpha value is -8.01. The highest BCUT2D eigenvalue weighted by Crippen LogP contribution is 2.65. The molecule has 302 valence electrons. The monoisotopic (exact) mass is 817 g/mol. The van der Waals surface area contributed by atoms with E-state index >= 15 is 0 Å². The number of hydrogen-bond acceptors (Lipinski definition) is 3. The molecule has 0 bridgehead atoms. The number of fused-ring (bicyclic) bond motifs is 9. The quantitative estimate of drug-likeness (QED) is 0.174. The lowest BCUT2D eigenvalue weighted by Crippen LogP contribution is -2.28. The molecular weight excluding hydrogens is 775 g/mol. The van der Waals surface area contributed by atoms with E-state index in [9.17, 15) is 0 Å². The Kier molecular flexibility index (Phi) is 8.91. The van der Waals surface area contributed by atoms with E-state index in [4.69, 9.17) is 15.0 Å². The predicted molar refractivity (Wildman–Crippen MR) is 265 cm³/mol. The highest BCUT2D eigenvalue weighted by atomic mass is 15.0. The average molecular weight is 818 g/mol. The van der Waals surface area contributed by atoms with E-state index < -0.39 is 5.41 Å². The molecule has 0 amide bonds. The van der Waals surface area contributed by atoms with Crippen LogP contribution in [0.15, 0.2) is 230 Å². The summed E-state index contributed by atoms with van der Waals surface area (Å²) in [7, 11) is 0. The molecule has 12 rings (SSSR count). The predicted octanol–water partition coefficient (Wildman–Crippen LogP) is 15.1. The van der Waals surface area contributed by atoms with Gasteiger partial charge in [-0.3, -0.25) is 0 Å². The van der Waals surface area contributed by atoms with Crippen LogP contribution in [0.2, 0.25) is 0 Å². The lowest BCUT2D eigenvalue weighted by atomic mass is 9.67. The molecule has 1 heterocycles. The number of benzene rings is 8. The van der Waals surface area contributed by atoms with Crippen molar-refractivity contribution in [3.63, 3.8) is 0 Å². The fourth-order valence-corrected chi connectivity index (χ4v) is 10.7. The zero-order chi connectivity index (χ0) is 42.8. The fraction of sp³-hybridized carbons (Fsp3) is 0.0656. The third-order valence-corrected chi connectivity index (χ3v) is 13.5. The van der Waals surface area contributed by atoms with Crippen molar-refractivity contribution in [1.29, 1.82) is 0 Å². The molecule has 0 fully saturated rings. The molecule has 1 aromatic heterocycles. The first kappa shape index (κ1) is 37.7. The molecule has 3 aliphatic rings. The molecule has 3 aliphatic carbocycles. The minimum Gasteiger partial charge on any atom is -0.208 e. The molecule has 0 N–H and O–H groups in total. The van der Waals surface area contributed by atoms with Crippen LogP contribution in [0.4, 0.5) is 0 Å². The zero-order valence-electron chi connectivity index (χ0n) is 35.7. The van der Waals surface area contributed by atoms with E-state index in [0.29, 0.717) is 17.5 Å². The number of hydrogen-bond donors (Lipinski definition) is 0. The molecule has 9 aromatic rings. The molecule has 8 aromatic carbocycles. The van der Waals surface area contributed by atoms with Crippen LogP contribution in [0.3, 0.4) is 0 Å². The Morgan fingerprint density at radius 3 is 1.59 bits per heavy atom. The van der Waals surface area contributed by atoms with Crippen LogP contribution in [0, 0.1) is 5.92 Å². The minimum absolute atomic E-state index is 0.164. The van der Waals surface area contributed by atoms with E-state index in [0.717, 1.165) is 49.4 Å². The summed E-state index contributed by atoms with van der Waals surface area (Å²) >= 11 is 0. The first-order valence-electron chi connectivity index (χ1n) is 22.2. The summed E-state index contributed by atoms with van der Waals surface area (Å²) < 4.78 is 0. The van der Waals surface area contributed by atoms with Crippen molar-refractivity contribution in [2.75, 3.05) is 0 Å². The third kappa shape index (κ3) is 5.78. The first-order valence-corrected chi connectivity index (χ1v) is 22.2. The summed E-state index contributed by atoms with van der Waals surface area (Å²) in [6.07, 6.45) is 13.8. The van der Waals surface area contributed by atoms with Crippen LogP contribution in [0.5, 0.6) is 0 Å². The van der Waals surface area contributed by atoms with Gasteiger partial charge in [0.15, 0.2) is 17.5 Å². The van der Waals surface area contributed by atoms with Crippen LogP contribution in [0.1, 0.15) is 41.7 Å². The second-order valence-corrected chi connectivity index (χ2v) is 17.0. The van der Waals surface area contributed by atoms with E-state index in [1.54, 1.807) is 0 Å². The summed E-state index contributed by atoms with van der Waals surface area (Å²) in [6, 6.07) is 65.5. The van der Waals surface area contributed by atoms with Gasteiger partial charge in [0, 0.05) is 16.7 Å². The SMILES string of the molecule is C\C=C/C=C1\C(=C2/C=C(c3cccc(-c4nc(-c5cccc6ccccc56)nc(-c5cccc6ccccc56)n4)c3)C=CC2C)C2(c3ccccc31)c1ccccc1-c1ccccc12. The van der Waals surface area contributed by atoms with Crippen molar-refractivity contribution in [3.8, 4) is 45.3 Å². The molecule has 1 spiro atoms. The highest BCUT2D eigenvalue weighted by molar-refractivity contribution is 6.02. The number of rotatable bonds is 5. The van der Waals surface area contributed by atoms with Gasteiger partial charge in [-0.25, -0.2) is 15.0 Å². The van der Waals surface area contributed by atoms with Crippen molar-refractivity contribution in [2.45, 2.75) is 19.3 Å². The fourth-order valence-electron chi connectivity index (χ4n) is 10.7. The maximum absolute atomic E-state index is 5.28. The van der Waals surface area contributed by atoms with Crippen LogP contribution in [-0.4, -0.2) is 15.0 Å². The normalized spacial score (nSPS) is 17.6. The van der Waals surface area contributed by atoms with Crippen molar-refractivity contribution in [3.05, 3.63) is 257 Å². The van der Waals surface area contributed by atoms with Gasteiger partial charge in [-0.1, -0.05) is 219 Å². The molecule has 0 saturated carbocycles. The van der Waals surface area contributed by atoms with Gasteiger partial charge in [-0.05, 0) is 102 Å². The van der Waals surface area contributed by atoms with Crippen molar-refractivity contribution in [2.24, 2.45) is 5.92 Å². The number of nitrogens with zero attached hydrogens (tertiary/aromatic N) is 3. The zero-order valence-corrected chi connectivity index (χ0v) is 35.7. The third-order valence-electron chi connectivity index (χ3n) is 13.5. The Balaban J connectivity index is 1.07. The summed E-state index contributed by atoms with van der Waals surface area (Å²) in [5.41, 5.74) is 16.5. The van der Waals surface area contributed by atoms with Gasteiger partial charge in [0.05, 0.1) is 5.41 Å². The van der Waals surface area contributed by atoms with Gasteiger partial charge in [-0.2, -0.15) is 0 Å². The van der Waals surface area contributed by atoms with Gasteiger partial charge >= 0.3 is 0 Å². The summed E-state index contributed by atoms with van der Waals surface area (Å²) in [5.74, 6) is 2.10. The molecule has 0 aliphatic heterocycles. The Morgan fingerprint density at radius 1 is 0.484 bits per heavy atom. The largest absolute Gasteiger partial charge is 0.208 e.